The van der Waals surface area contributed by atoms with Gasteiger partial charge in [0.15, 0.2) is 11.6 Å². The smallest absolute Gasteiger partial charge is 0.227 e. The molecule has 1 amide bonds. The van der Waals surface area contributed by atoms with Crippen LogP contribution in [0, 0.1) is 0 Å². The summed E-state index contributed by atoms with van der Waals surface area (Å²) in [5, 5.41) is 9.74. The predicted molar refractivity (Wildman–Crippen MR) is 94.0 cm³/mol. The summed E-state index contributed by atoms with van der Waals surface area (Å²) >= 11 is 0. The van der Waals surface area contributed by atoms with Crippen LogP contribution in [0.25, 0.3) is 0 Å². The fourth-order valence-corrected chi connectivity index (χ4v) is 2.34. The summed E-state index contributed by atoms with van der Waals surface area (Å²) in [5.41, 5.74) is 1.20. The molecular formula is C19H20N4O2. The van der Waals surface area contributed by atoms with E-state index in [0.717, 1.165) is 12.2 Å². The average molecular weight is 336 g/mol. The maximum absolute atomic E-state index is 12.0. The van der Waals surface area contributed by atoms with Crippen LogP contribution in [0.2, 0.25) is 0 Å². The minimum Gasteiger partial charge on any atom is -0.486 e. The number of amides is 1. The summed E-state index contributed by atoms with van der Waals surface area (Å²) in [6.45, 7) is 0.879. The maximum Gasteiger partial charge on any atom is 0.227 e. The van der Waals surface area contributed by atoms with Crippen molar-refractivity contribution < 1.29 is 9.53 Å². The topological polar surface area (TPSA) is 79.9 Å². The Labute approximate surface area is 146 Å². The summed E-state index contributed by atoms with van der Waals surface area (Å²) in [6, 6.07) is 19.5. The summed E-state index contributed by atoms with van der Waals surface area (Å²) in [7, 11) is 0. The summed E-state index contributed by atoms with van der Waals surface area (Å²) in [4.78, 5) is 16.2. The Morgan fingerprint density at radius 3 is 2.52 bits per heavy atom. The van der Waals surface area contributed by atoms with Gasteiger partial charge < -0.3 is 10.1 Å². The number of carbonyl (C=O) groups is 1. The number of H-pyrrole nitrogens is 1. The SMILES string of the molecule is O=C(Cc1n[nH]c(COc2ccccc2)n1)NCCc1ccccc1. The van der Waals surface area contributed by atoms with Crippen LogP contribution in [0.3, 0.4) is 0 Å². The van der Waals surface area contributed by atoms with Gasteiger partial charge in [0.2, 0.25) is 5.91 Å². The Morgan fingerprint density at radius 2 is 1.76 bits per heavy atom. The fourth-order valence-electron chi connectivity index (χ4n) is 2.34. The lowest BCUT2D eigenvalue weighted by molar-refractivity contribution is -0.120. The fraction of sp³-hybridized carbons (Fsp3) is 0.211. The molecule has 2 N–H and O–H groups in total. The first kappa shape index (κ1) is 16.7. The molecule has 0 aliphatic carbocycles. The highest BCUT2D eigenvalue weighted by Crippen LogP contribution is 2.10. The molecule has 1 aromatic heterocycles. The third-order valence-corrected chi connectivity index (χ3v) is 3.59. The molecule has 0 bridgehead atoms. The molecule has 0 aliphatic heterocycles. The maximum atomic E-state index is 12.0. The number of hydrogen-bond donors (Lipinski definition) is 2. The number of aromatic amines is 1. The van der Waals surface area contributed by atoms with E-state index in [4.69, 9.17) is 4.74 Å². The summed E-state index contributed by atoms with van der Waals surface area (Å²) in [5.74, 6) is 1.73. The number of ether oxygens (including phenoxy) is 1. The second-order valence-electron chi connectivity index (χ2n) is 5.56. The number of carbonyl (C=O) groups excluding carboxylic acids is 1. The second-order valence-corrected chi connectivity index (χ2v) is 5.56. The average Bonchev–Trinajstić information content (AvgIpc) is 3.09. The van der Waals surface area contributed by atoms with E-state index in [9.17, 15) is 4.79 Å². The number of hydrogen-bond acceptors (Lipinski definition) is 4. The number of rotatable bonds is 8. The molecule has 6 nitrogen and oxygen atoms in total. The van der Waals surface area contributed by atoms with Crippen LogP contribution in [0.1, 0.15) is 17.2 Å². The molecule has 3 aromatic rings. The monoisotopic (exact) mass is 336 g/mol. The minimum atomic E-state index is -0.0922. The van der Waals surface area contributed by atoms with Gasteiger partial charge in [-0.25, -0.2) is 4.98 Å². The summed E-state index contributed by atoms with van der Waals surface area (Å²) < 4.78 is 5.59. The van der Waals surface area contributed by atoms with Crippen LogP contribution in [-0.2, 0) is 24.2 Å². The molecule has 0 saturated carbocycles. The second kappa shape index (κ2) is 8.63. The van der Waals surface area contributed by atoms with Crippen molar-refractivity contribution in [2.45, 2.75) is 19.4 Å². The van der Waals surface area contributed by atoms with Gasteiger partial charge in [-0.05, 0) is 24.1 Å². The Bertz CT molecular complexity index is 787. The molecule has 6 heteroatoms. The molecule has 0 unspecified atom stereocenters. The normalized spacial score (nSPS) is 10.4. The van der Waals surface area contributed by atoms with Crippen molar-refractivity contribution in [1.82, 2.24) is 20.5 Å². The lowest BCUT2D eigenvalue weighted by Crippen LogP contribution is -2.27. The number of para-hydroxylation sites is 1. The predicted octanol–water partition coefficient (Wildman–Crippen LogP) is 2.29. The quantitative estimate of drug-likeness (QED) is 0.661. The molecule has 25 heavy (non-hydrogen) atoms. The molecule has 0 radical (unpaired) electrons. The van der Waals surface area contributed by atoms with Crippen molar-refractivity contribution in [3.8, 4) is 5.75 Å². The third kappa shape index (κ3) is 5.46. The van der Waals surface area contributed by atoms with E-state index in [1.807, 2.05) is 60.7 Å². The van der Waals surface area contributed by atoms with Gasteiger partial charge >= 0.3 is 0 Å². The molecule has 1 heterocycles. The van der Waals surface area contributed by atoms with Gasteiger partial charge in [-0.1, -0.05) is 48.5 Å². The number of nitrogens with zero attached hydrogens (tertiary/aromatic N) is 2. The van der Waals surface area contributed by atoms with Crippen LogP contribution < -0.4 is 10.1 Å². The Balaban J connectivity index is 1.40. The lowest BCUT2D eigenvalue weighted by atomic mass is 10.1. The van der Waals surface area contributed by atoms with Crippen LogP contribution in [0.4, 0.5) is 0 Å². The molecule has 0 spiro atoms. The number of aromatic nitrogens is 3. The zero-order valence-corrected chi connectivity index (χ0v) is 13.8. The van der Waals surface area contributed by atoms with Crippen LogP contribution in [-0.4, -0.2) is 27.6 Å². The minimum absolute atomic E-state index is 0.0922. The molecule has 0 aliphatic rings. The van der Waals surface area contributed by atoms with E-state index in [1.165, 1.54) is 5.56 Å². The van der Waals surface area contributed by atoms with Gasteiger partial charge in [0, 0.05) is 6.54 Å². The van der Waals surface area contributed by atoms with Crippen molar-refractivity contribution in [3.05, 3.63) is 77.9 Å². The first-order chi connectivity index (χ1) is 12.3. The highest BCUT2D eigenvalue weighted by Gasteiger charge is 2.09. The molecule has 0 fully saturated rings. The van der Waals surface area contributed by atoms with Crippen LogP contribution in [0.5, 0.6) is 5.75 Å². The number of benzene rings is 2. The van der Waals surface area contributed by atoms with Gasteiger partial charge in [-0.15, -0.1) is 0 Å². The van der Waals surface area contributed by atoms with E-state index in [2.05, 4.69) is 20.5 Å². The first-order valence-electron chi connectivity index (χ1n) is 8.18. The zero-order chi connectivity index (χ0) is 17.3. The lowest BCUT2D eigenvalue weighted by Gasteiger charge is -2.04. The number of nitrogens with one attached hydrogen (secondary N) is 2. The van der Waals surface area contributed by atoms with Gasteiger partial charge in [0.25, 0.3) is 0 Å². The van der Waals surface area contributed by atoms with E-state index >= 15 is 0 Å². The Kier molecular flexibility index (Phi) is 5.77. The summed E-state index contributed by atoms with van der Waals surface area (Å²) in [6.07, 6.45) is 0.952. The molecule has 0 atom stereocenters. The van der Waals surface area contributed by atoms with Crippen molar-refractivity contribution in [1.29, 1.82) is 0 Å². The van der Waals surface area contributed by atoms with Crippen LogP contribution >= 0.6 is 0 Å². The molecule has 2 aromatic carbocycles. The van der Waals surface area contributed by atoms with Crippen molar-refractivity contribution >= 4 is 5.91 Å². The highest BCUT2D eigenvalue weighted by molar-refractivity contribution is 5.77. The standard InChI is InChI=1S/C19H20N4O2/c24-19(20-12-11-15-7-3-1-4-8-15)13-17-21-18(23-22-17)14-25-16-9-5-2-6-10-16/h1-10H,11-14H2,(H,20,24)(H,21,22,23). The van der Waals surface area contributed by atoms with Crippen LogP contribution in [0.15, 0.2) is 60.7 Å². The highest BCUT2D eigenvalue weighted by atomic mass is 16.5. The van der Waals surface area contributed by atoms with E-state index < -0.39 is 0 Å². The largest absolute Gasteiger partial charge is 0.486 e. The van der Waals surface area contributed by atoms with E-state index in [0.29, 0.717) is 18.2 Å². The van der Waals surface area contributed by atoms with E-state index in [-0.39, 0.29) is 18.9 Å². The molecular weight excluding hydrogens is 316 g/mol. The van der Waals surface area contributed by atoms with Gasteiger partial charge in [0.05, 0.1) is 6.42 Å². The van der Waals surface area contributed by atoms with Gasteiger partial charge in [0.1, 0.15) is 12.4 Å². The third-order valence-electron chi connectivity index (χ3n) is 3.59. The van der Waals surface area contributed by atoms with Crippen molar-refractivity contribution in [3.63, 3.8) is 0 Å². The van der Waals surface area contributed by atoms with Crippen molar-refractivity contribution in [2.75, 3.05) is 6.54 Å². The Hall–Kier alpha value is -3.15. The molecule has 3 rings (SSSR count). The Morgan fingerprint density at radius 1 is 1.04 bits per heavy atom. The van der Waals surface area contributed by atoms with E-state index in [1.54, 1.807) is 0 Å². The van der Waals surface area contributed by atoms with Gasteiger partial charge in [-0.3, -0.25) is 9.89 Å². The molecule has 128 valence electrons. The first-order valence-corrected chi connectivity index (χ1v) is 8.18. The van der Waals surface area contributed by atoms with Crippen molar-refractivity contribution in [2.24, 2.45) is 0 Å². The zero-order valence-electron chi connectivity index (χ0n) is 13.8. The van der Waals surface area contributed by atoms with Gasteiger partial charge in [-0.2, -0.15) is 5.10 Å². The molecule has 0 saturated heterocycles.